The number of thiazole rings is 1. The first-order valence-electron chi connectivity index (χ1n) is 7.05. The number of piperidine rings is 1. The molecule has 104 valence electrons. The number of anilines is 1. The van der Waals surface area contributed by atoms with Gasteiger partial charge in [-0.25, -0.2) is 4.98 Å². The van der Waals surface area contributed by atoms with Crippen LogP contribution in [0.4, 0.5) is 5.13 Å². The molecule has 0 amide bonds. The van der Waals surface area contributed by atoms with Crippen LogP contribution in [0.3, 0.4) is 0 Å². The van der Waals surface area contributed by atoms with E-state index in [9.17, 15) is 9.90 Å². The lowest BCUT2D eigenvalue weighted by Crippen LogP contribution is -2.41. The second kappa shape index (κ2) is 4.78. The summed E-state index contributed by atoms with van der Waals surface area (Å²) < 4.78 is 0. The van der Waals surface area contributed by atoms with E-state index in [1.54, 1.807) is 11.3 Å². The molecule has 0 saturated carbocycles. The Morgan fingerprint density at radius 1 is 1.37 bits per heavy atom. The molecule has 1 fully saturated rings. The van der Waals surface area contributed by atoms with Gasteiger partial charge in [0.25, 0.3) is 0 Å². The number of carboxylic acids is 1. The molecule has 3 unspecified atom stereocenters. The van der Waals surface area contributed by atoms with E-state index >= 15 is 0 Å². The maximum absolute atomic E-state index is 11.2. The fourth-order valence-electron chi connectivity index (χ4n) is 3.13. The van der Waals surface area contributed by atoms with Gasteiger partial charge in [-0.3, -0.25) is 4.79 Å². The minimum absolute atomic E-state index is 0.377. The zero-order valence-corrected chi connectivity index (χ0v) is 12.2. The van der Waals surface area contributed by atoms with Gasteiger partial charge in [0.1, 0.15) is 5.92 Å². The van der Waals surface area contributed by atoms with Crippen LogP contribution in [0.25, 0.3) is 0 Å². The molecule has 1 saturated heterocycles. The number of carbonyl (C=O) groups is 1. The number of hydrogen-bond donors (Lipinski definition) is 1. The van der Waals surface area contributed by atoms with Crippen molar-refractivity contribution in [2.45, 2.75) is 51.5 Å². The molecule has 1 aromatic heterocycles. The van der Waals surface area contributed by atoms with Crippen molar-refractivity contribution in [3.63, 3.8) is 0 Å². The SMILES string of the molecule is CC1CCC(C)N(c2nc3c(s2)CCC3C(=O)O)C1. The number of fused-ring (bicyclic) bond motifs is 1. The van der Waals surface area contributed by atoms with Crippen LogP contribution in [-0.2, 0) is 11.2 Å². The minimum Gasteiger partial charge on any atom is -0.481 e. The average Bonchev–Trinajstić information content (AvgIpc) is 2.91. The second-order valence-electron chi connectivity index (χ2n) is 5.92. The van der Waals surface area contributed by atoms with E-state index in [1.807, 2.05) is 0 Å². The molecular weight excluding hydrogens is 260 g/mol. The number of nitrogens with zero attached hydrogens (tertiary/aromatic N) is 2. The summed E-state index contributed by atoms with van der Waals surface area (Å²) in [5.74, 6) is -0.404. The van der Waals surface area contributed by atoms with Crippen molar-refractivity contribution in [2.75, 3.05) is 11.4 Å². The maximum atomic E-state index is 11.2. The fourth-order valence-corrected chi connectivity index (χ4v) is 4.38. The molecular formula is C14H20N2O2S. The van der Waals surface area contributed by atoms with Crippen molar-refractivity contribution >= 4 is 22.4 Å². The summed E-state index contributed by atoms with van der Waals surface area (Å²) in [6.45, 7) is 5.57. The third-order valence-electron chi connectivity index (χ3n) is 4.37. The number of aliphatic carboxylic acids is 1. The summed E-state index contributed by atoms with van der Waals surface area (Å²) in [5, 5.41) is 10.3. The Bertz CT molecular complexity index is 500. The van der Waals surface area contributed by atoms with Crippen molar-refractivity contribution in [1.29, 1.82) is 0 Å². The van der Waals surface area contributed by atoms with Crippen molar-refractivity contribution in [1.82, 2.24) is 4.98 Å². The lowest BCUT2D eigenvalue weighted by Gasteiger charge is -2.36. The van der Waals surface area contributed by atoms with E-state index in [0.29, 0.717) is 12.0 Å². The summed E-state index contributed by atoms with van der Waals surface area (Å²) in [6, 6.07) is 0.519. The molecule has 2 aliphatic rings. The second-order valence-corrected chi connectivity index (χ2v) is 6.98. The normalized spacial score (nSPS) is 30.4. The van der Waals surface area contributed by atoms with Gasteiger partial charge in [-0.2, -0.15) is 0 Å². The lowest BCUT2D eigenvalue weighted by atomic mass is 9.96. The van der Waals surface area contributed by atoms with Crippen LogP contribution in [0, 0.1) is 5.92 Å². The zero-order chi connectivity index (χ0) is 13.6. The molecule has 2 heterocycles. The lowest BCUT2D eigenvalue weighted by molar-refractivity contribution is -0.138. The third-order valence-corrected chi connectivity index (χ3v) is 5.54. The van der Waals surface area contributed by atoms with E-state index in [0.717, 1.165) is 30.2 Å². The highest BCUT2D eigenvalue weighted by Crippen LogP contribution is 2.41. The van der Waals surface area contributed by atoms with Gasteiger partial charge in [0, 0.05) is 17.5 Å². The summed E-state index contributed by atoms with van der Waals surface area (Å²) in [7, 11) is 0. The van der Waals surface area contributed by atoms with Crippen molar-refractivity contribution in [3.8, 4) is 0 Å². The van der Waals surface area contributed by atoms with Crippen LogP contribution < -0.4 is 4.90 Å². The van der Waals surface area contributed by atoms with Gasteiger partial charge in [-0.15, -0.1) is 11.3 Å². The highest BCUT2D eigenvalue weighted by Gasteiger charge is 2.34. The average molecular weight is 280 g/mol. The van der Waals surface area contributed by atoms with E-state index in [4.69, 9.17) is 0 Å². The van der Waals surface area contributed by atoms with Crippen LogP contribution in [-0.4, -0.2) is 28.6 Å². The highest BCUT2D eigenvalue weighted by molar-refractivity contribution is 7.15. The maximum Gasteiger partial charge on any atom is 0.312 e. The highest BCUT2D eigenvalue weighted by atomic mass is 32.1. The van der Waals surface area contributed by atoms with Crippen molar-refractivity contribution in [3.05, 3.63) is 10.6 Å². The predicted molar refractivity (Wildman–Crippen MR) is 76.0 cm³/mol. The van der Waals surface area contributed by atoms with Crippen molar-refractivity contribution in [2.24, 2.45) is 5.92 Å². The Hall–Kier alpha value is -1.10. The molecule has 4 nitrogen and oxygen atoms in total. The fraction of sp³-hybridized carbons (Fsp3) is 0.714. The van der Waals surface area contributed by atoms with E-state index in [2.05, 4.69) is 23.7 Å². The standard InChI is InChI=1S/C14H20N2O2S/c1-8-3-4-9(2)16(7-8)14-15-12-10(13(17)18)5-6-11(12)19-14/h8-10H,3-7H2,1-2H3,(H,17,18). The predicted octanol–water partition coefficient (Wildman–Crippen LogP) is 2.88. The molecule has 0 spiro atoms. The van der Waals surface area contributed by atoms with Crippen LogP contribution in [0.2, 0.25) is 0 Å². The molecule has 0 radical (unpaired) electrons. The molecule has 3 rings (SSSR count). The van der Waals surface area contributed by atoms with Crippen LogP contribution in [0.15, 0.2) is 0 Å². The first-order chi connectivity index (χ1) is 9.06. The van der Waals surface area contributed by atoms with Gasteiger partial charge in [-0.05, 0) is 38.5 Å². The third kappa shape index (κ3) is 2.24. The number of rotatable bonds is 2. The number of carboxylic acid groups (broad SMARTS) is 1. The monoisotopic (exact) mass is 280 g/mol. The van der Waals surface area contributed by atoms with Crippen LogP contribution in [0.5, 0.6) is 0 Å². The molecule has 1 aliphatic carbocycles. The van der Waals surface area contributed by atoms with Gasteiger partial charge >= 0.3 is 5.97 Å². The molecule has 0 aromatic carbocycles. The number of aromatic nitrogens is 1. The van der Waals surface area contributed by atoms with Gasteiger partial charge < -0.3 is 10.0 Å². The smallest absolute Gasteiger partial charge is 0.312 e. The van der Waals surface area contributed by atoms with Crippen LogP contribution >= 0.6 is 11.3 Å². The molecule has 1 aromatic rings. The Balaban J connectivity index is 1.87. The van der Waals surface area contributed by atoms with Gasteiger partial charge in [0.15, 0.2) is 5.13 Å². The van der Waals surface area contributed by atoms with Crippen molar-refractivity contribution < 1.29 is 9.90 Å². The zero-order valence-electron chi connectivity index (χ0n) is 11.4. The molecule has 1 N–H and O–H groups in total. The molecule has 3 atom stereocenters. The first-order valence-corrected chi connectivity index (χ1v) is 7.87. The topological polar surface area (TPSA) is 53.4 Å². The summed E-state index contributed by atoms with van der Waals surface area (Å²) in [6.07, 6.45) is 4.08. The summed E-state index contributed by atoms with van der Waals surface area (Å²) >= 11 is 1.71. The van der Waals surface area contributed by atoms with E-state index < -0.39 is 5.97 Å². The number of hydrogen-bond acceptors (Lipinski definition) is 4. The molecule has 5 heteroatoms. The Kier molecular flexibility index (Phi) is 3.25. The number of aryl methyl sites for hydroxylation is 1. The molecule has 0 bridgehead atoms. The minimum atomic E-state index is -0.726. The first kappa shape index (κ1) is 12.9. The molecule has 1 aliphatic heterocycles. The van der Waals surface area contributed by atoms with E-state index in [-0.39, 0.29) is 5.92 Å². The van der Waals surface area contributed by atoms with Gasteiger partial charge in [0.2, 0.25) is 0 Å². The Morgan fingerprint density at radius 2 is 2.16 bits per heavy atom. The van der Waals surface area contributed by atoms with Crippen LogP contribution in [0.1, 0.15) is 49.6 Å². The quantitative estimate of drug-likeness (QED) is 0.905. The van der Waals surface area contributed by atoms with Gasteiger partial charge in [0.05, 0.1) is 5.69 Å². The largest absolute Gasteiger partial charge is 0.481 e. The molecule has 19 heavy (non-hydrogen) atoms. The summed E-state index contributed by atoms with van der Waals surface area (Å²) in [4.78, 5) is 19.4. The Labute approximate surface area is 117 Å². The van der Waals surface area contributed by atoms with E-state index in [1.165, 1.54) is 17.7 Å². The Morgan fingerprint density at radius 3 is 2.89 bits per heavy atom. The van der Waals surface area contributed by atoms with Gasteiger partial charge in [-0.1, -0.05) is 6.92 Å². The summed E-state index contributed by atoms with van der Waals surface area (Å²) in [5.41, 5.74) is 0.831.